The first-order chi connectivity index (χ1) is 10.7. The summed E-state index contributed by atoms with van der Waals surface area (Å²) >= 11 is 0. The van der Waals surface area contributed by atoms with Crippen LogP contribution in [0.15, 0.2) is 24.5 Å². The molecule has 8 nitrogen and oxygen atoms in total. The van der Waals surface area contributed by atoms with Crippen LogP contribution in [-0.2, 0) is 0 Å². The van der Waals surface area contributed by atoms with Crippen LogP contribution in [0.5, 0.6) is 0 Å². The molecule has 2 rings (SSSR count). The van der Waals surface area contributed by atoms with Gasteiger partial charge in [0.25, 0.3) is 5.91 Å². The zero-order chi connectivity index (χ0) is 15.8. The fraction of sp³-hybridized carbons (Fsp3) is 0.357. The second-order valence-corrected chi connectivity index (χ2v) is 4.47. The van der Waals surface area contributed by atoms with Gasteiger partial charge in [0.05, 0.1) is 0 Å². The molecule has 0 saturated heterocycles. The number of rotatable bonds is 7. The summed E-state index contributed by atoms with van der Waals surface area (Å²) in [4.78, 5) is 28.1. The summed E-state index contributed by atoms with van der Waals surface area (Å²) in [6.45, 7) is 5.62. The van der Waals surface area contributed by atoms with Gasteiger partial charge in [-0.15, -0.1) is 0 Å². The normalized spacial score (nSPS) is 10.1. The minimum absolute atomic E-state index is 0.162. The Bertz CT molecular complexity index is 618. The average molecular weight is 301 g/mol. The van der Waals surface area contributed by atoms with Crippen LogP contribution >= 0.6 is 0 Å². The topological polar surface area (TPSA) is 105 Å². The summed E-state index contributed by atoms with van der Waals surface area (Å²) < 4.78 is 0. The molecule has 2 heterocycles. The van der Waals surface area contributed by atoms with Crippen LogP contribution in [0, 0.1) is 6.92 Å². The Labute approximate surface area is 128 Å². The van der Waals surface area contributed by atoms with Crippen LogP contribution in [0.1, 0.15) is 23.4 Å². The number of carbonyl (C=O) groups is 1. The second kappa shape index (κ2) is 7.87. The maximum Gasteiger partial charge on any atom is 0.289 e. The quantitative estimate of drug-likeness (QED) is 0.651. The van der Waals surface area contributed by atoms with Gasteiger partial charge in [0.1, 0.15) is 17.5 Å². The Hall–Kier alpha value is -2.77. The molecule has 116 valence electrons. The van der Waals surface area contributed by atoms with Crippen LogP contribution in [-0.4, -0.2) is 45.5 Å². The lowest BCUT2D eigenvalue weighted by Gasteiger charge is -2.09. The number of aryl methyl sites for hydroxylation is 1. The lowest BCUT2D eigenvalue weighted by molar-refractivity contribution is 0.0944. The number of anilines is 2. The van der Waals surface area contributed by atoms with Gasteiger partial charge in [-0.2, -0.15) is 0 Å². The Kier molecular flexibility index (Phi) is 5.58. The first-order valence-corrected chi connectivity index (χ1v) is 7.07. The first-order valence-electron chi connectivity index (χ1n) is 7.07. The summed E-state index contributed by atoms with van der Waals surface area (Å²) in [6.07, 6.45) is 3.07. The molecule has 0 unspecified atom stereocenters. The van der Waals surface area contributed by atoms with Gasteiger partial charge in [0.15, 0.2) is 0 Å². The average Bonchev–Trinajstić information content (AvgIpc) is 2.52. The van der Waals surface area contributed by atoms with E-state index in [1.807, 2.05) is 19.9 Å². The number of carbonyl (C=O) groups excluding carboxylic acids is 1. The smallest absolute Gasteiger partial charge is 0.289 e. The molecular formula is C14H19N7O. The van der Waals surface area contributed by atoms with Gasteiger partial charge in [-0.25, -0.2) is 19.9 Å². The highest BCUT2D eigenvalue weighted by Gasteiger charge is 2.06. The zero-order valence-electron chi connectivity index (χ0n) is 12.6. The monoisotopic (exact) mass is 301 g/mol. The molecule has 3 N–H and O–H groups in total. The van der Waals surface area contributed by atoms with Crippen molar-refractivity contribution in [3.63, 3.8) is 0 Å². The van der Waals surface area contributed by atoms with Crippen molar-refractivity contribution in [2.24, 2.45) is 0 Å². The zero-order valence-corrected chi connectivity index (χ0v) is 12.6. The van der Waals surface area contributed by atoms with Crippen molar-refractivity contribution >= 4 is 17.5 Å². The summed E-state index contributed by atoms with van der Waals surface area (Å²) in [5.41, 5.74) is 0. The van der Waals surface area contributed by atoms with E-state index < -0.39 is 0 Å². The van der Waals surface area contributed by atoms with Crippen LogP contribution < -0.4 is 16.0 Å². The summed E-state index contributed by atoms with van der Waals surface area (Å²) in [6, 6.07) is 3.50. The van der Waals surface area contributed by atoms with Crippen LogP contribution in [0.25, 0.3) is 0 Å². The number of hydrogen-bond donors (Lipinski definition) is 3. The third-order valence-corrected chi connectivity index (χ3v) is 2.68. The van der Waals surface area contributed by atoms with E-state index in [4.69, 9.17) is 0 Å². The SMILES string of the molecule is CCNc1cc(NCCNC(=O)c2ncccn2)nc(C)n1. The van der Waals surface area contributed by atoms with Crippen molar-refractivity contribution in [3.8, 4) is 0 Å². The Morgan fingerprint density at radius 1 is 1.09 bits per heavy atom. The summed E-state index contributed by atoms with van der Waals surface area (Å²) in [5.74, 6) is 2.04. The van der Waals surface area contributed by atoms with Crippen molar-refractivity contribution in [1.29, 1.82) is 0 Å². The van der Waals surface area contributed by atoms with E-state index in [9.17, 15) is 4.79 Å². The predicted molar refractivity (Wildman–Crippen MR) is 83.8 cm³/mol. The molecule has 0 aliphatic heterocycles. The van der Waals surface area contributed by atoms with Crippen molar-refractivity contribution in [2.75, 3.05) is 30.3 Å². The molecule has 22 heavy (non-hydrogen) atoms. The molecule has 0 aliphatic rings. The molecule has 8 heteroatoms. The molecular weight excluding hydrogens is 282 g/mol. The van der Waals surface area contributed by atoms with Crippen molar-refractivity contribution in [2.45, 2.75) is 13.8 Å². The molecule has 2 aromatic rings. The maximum absolute atomic E-state index is 11.7. The number of aromatic nitrogens is 4. The summed E-state index contributed by atoms with van der Waals surface area (Å²) in [5, 5.41) is 9.02. The van der Waals surface area contributed by atoms with Gasteiger partial charge in [0, 0.05) is 38.1 Å². The molecule has 0 atom stereocenters. The van der Waals surface area contributed by atoms with Gasteiger partial charge in [-0.3, -0.25) is 4.79 Å². The number of nitrogens with one attached hydrogen (secondary N) is 3. The fourth-order valence-corrected chi connectivity index (χ4v) is 1.79. The molecule has 0 spiro atoms. The van der Waals surface area contributed by atoms with E-state index in [1.54, 1.807) is 6.07 Å². The third-order valence-electron chi connectivity index (χ3n) is 2.68. The molecule has 0 fully saturated rings. The summed E-state index contributed by atoms with van der Waals surface area (Å²) in [7, 11) is 0. The maximum atomic E-state index is 11.7. The third kappa shape index (κ3) is 4.65. The van der Waals surface area contributed by atoms with E-state index in [2.05, 4.69) is 35.9 Å². The van der Waals surface area contributed by atoms with Gasteiger partial charge < -0.3 is 16.0 Å². The van der Waals surface area contributed by atoms with Crippen molar-refractivity contribution in [3.05, 3.63) is 36.2 Å². The van der Waals surface area contributed by atoms with Crippen molar-refractivity contribution < 1.29 is 4.79 Å². The Morgan fingerprint density at radius 2 is 1.77 bits per heavy atom. The molecule has 0 aromatic carbocycles. The van der Waals surface area contributed by atoms with E-state index in [0.29, 0.717) is 24.7 Å². The van der Waals surface area contributed by atoms with Gasteiger partial charge in [-0.05, 0) is 19.9 Å². The molecule has 0 aliphatic carbocycles. The standard InChI is InChI=1S/C14H19N7O/c1-3-15-11-9-12(21-10(2)20-11)16-7-8-19-14(22)13-17-5-4-6-18-13/h4-6,9H,3,7-8H2,1-2H3,(H,19,22)(H2,15,16,20,21). The molecule has 0 saturated carbocycles. The lowest BCUT2D eigenvalue weighted by Crippen LogP contribution is -2.30. The molecule has 0 bridgehead atoms. The highest BCUT2D eigenvalue weighted by molar-refractivity contribution is 5.90. The largest absolute Gasteiger partial charge is 0.370 e. The second-order valence-electron chi connectivity index (χ2n) is 4.47. The van der Waals surface area contributed by atoms with E-state index in [1.165, 1.54) is 12.4 Å². The molecule has 0 radical (unpaired) electrons. The van der Waals surface area contributed by atoms with E-state index in [-0.39, 0.29) is 11.7 Å². The van der Waals surface area contributed by atoms with Gasteiger partial charge in [0.2, 0.25) is 5.82 Å². The number of amides is 1. The van der Waals surface area contributed by atoms with Gasteiger partial charge in [-0.1, -0.05) is 0 Å². The number of hydrogen-bond acceptors (Lipinski definition) is 7. The fourth-order valence-electron chi connectivity index (χ4n) is 1.79. The van der Waals surface area contributed by atoms with Crippen LogP contribution in [0.4, 0.5) is 11.6 Å². The molecule has 1 amide bonds. The minimum atomic E-state index is -0.297. The van der Waals surface area contributed by atoms with Crippen LogP contribution in [0.2, 0.25) is 0 Å². The number of nitrogens with zero attached hydrogens (tertiary/aromatic N) is 4. The molecule has 2 aromatic heterocycles. The predicted octanol–water partition coefficient (Wildman–Crippen LogP) is 0.849. The Morgan fingerprint density at radius 3 is 2.45 bits per heavy atom. The Balaban J connectivity index is 1.80. The lowest BCUT2D eigenvalue weighted by atomic mass is 10.4. The van der Waals surface area contributed by atoms with Crippen molar-refractivity contribution in [1.82, 2.24) is 25.3 Å². The van der Waals surface area contributed by atoms with E-state index >= 15 is 0 Å². The van der Waals surface area contributed by atoms with Crippen LogP contribution in [0.3, 0.4) is 0 Å². The minimum Gasteiger partial charge on any atom is -0.370 e. The van der Waals surface area contributed by atoms with Gasteiger partial charge >= 0.3 is 0 Å². The highest BCUT2D eigenvalue weighted by Crippen LogP contribution is 2.10. The highest BCUT2D eigenvalue weighted by atomic mass is 16.2. The van der Waals surface area contributed by atoms with E-state index in [0.717, 1.165) is 12.4 Å². The first kappa shape index (κ1) is 15.6.